The predicted octanol–water partition coefficient (Wildman–Crippen LogP) is 3.66. The van der Waals surface area contributed by atoms with E-state index in [0.29, 0.717) is 0 Å². The lowest BCUT2D eigenvalue weighted by Gasteiger charge is -2.36. The quantitative estimate of drug-likeness (QED) is 0.670. The van der Waals surface area contributed by atoms with Crippen LogP contribution in [0.3, 0.4) is 0 Å². The van der Waals surface area contributed by atoms with E-state index in [9.17, 15) is 4.79 Å². The van der Waals surface area contributed by atoms with Crippen molar-refractivity contribution in [2.45, 2.75) is 10.6 Å². The summed E-state index contributed by atoms with van der Waals surface area (Å²) in [6.45, 7) is 3.18. The fourth-order valence-corrected chi connectivity index (χ4v) is 5.15. The second kappa shape index (κ2) is 7.02. The van der Waals surface area contributed by atoms with Crippen molar-refractivity contribution in [3.05, 3.63) is 65.9 Å². The van der Waals surface area contributed by atoms with Gasteiger partial charge in [-0.15, -0.1) is 11.8 Å². The van der Waals surface area contributed by atoms with Gasteiger partial charge in [0.2, 0.25) is 0 Å². The number of para-hydroxylation sites is 1. The Morgan fingerprint density at radius 3 is 2.46 bits per heavy atom. The van der Waals surface area contributed by atoms with Crippen LogP contribution in [-0.2, 0) is 12.8 Å². The molecule has 1 aromatic heterocycles. The zero-order chi connectivity index (χ0) is 19.1. The van der Waals surface area contributed by atoms with Gasteiger partial charge in [-0.1, -0.05) is 36.4 Å². The van der Waals surface area contributed by atoms with Crippen LogP contribution in [0.1, 0.15) is 16.1 Å². The molecule has 0 atom stereocenters. The van der Waals surface area contributed by atoms with Crippen LogP contribution in [0, 0.1) is 0 Å². The lowest BCUT2D eigenvalue weighted by atomic mass is 10.1. The van der Waals surface area contributed by atoms with Gasteiger partial charge in [0.15, 0.2) is 0 Å². The topological polar surface area (TPSA) is 41.4 Å². The number of fused-ring (bicyclic) bond motifs is 3. The molecule has 142 valence electrons. The summed E-state index contributed by atoms with van der Waals surface area (Å²) < 4.78 is 1.78. The fraction of sp³-hybridized carbons (Fsp3) is 0.273. The van der Waals surface area contributed by atoms with Gasteiger partial charge in [-0.25, -0.2) is 0 Å². The Hall–Kier alpha value is -2.73. The van der Waals surface area contributed by atoms with Crippen LogP contribution in [0.25, 0.3) is 11.3 Å². The van der Waals surface area contributed by atoms with Gasteiger partial charge in [0, 0.05) is 60.7 Å². The summed E-state index contributed by atoms with van der Waals surface area (Å²) in [5.41, 5.74) is 5.13. The molecule has 2 aromatic carbocycles. The van der Waals surface area contributed by atoms with Crippen LogP contribution >= 0.6 is 11.8 Å². The lowest BCUT2D eigenvalue weighted by molar-refractivity contribution is 0.0735. The number of piperazine rings is 1. The minimum atomic E-state index is 0.101. The molecule has 2 aliphatic rings. The standard InChI is InChI=1S/C22H22N4OS/c1-24-21(18-15-28-19-10-6-5-9-17(19)20(18)23-24)22(27)26-13-11-25(12-14-26)16-7-3-2-4-8-16/h2-10H,11-15H2,1H3. The molecule has 1 fully saturated rings. The number of aryl methyl sites for hydroxylation is 1. The number of carbonyl (C=O) groups excluding carboxylic acids is 1. The van der Waals surface area contributed by atoms with E-state index in [4.69, 9.17) is 5.10 Å². The normalized spacial score (nSPS) is 15.9. The zero-order valence-corrected chi connectivity index (χ0v) is 16.7. The van der Waals surface area contributed by atoms with E-state index in [1.165, 1.54) is 10.6 Å². The Bertz CT molecular complexity index is 1020. The SMILES string of the molecule is Cn1nc2c(c1C(=O)N1CCN(c3ccccc3)CC1)CSc1ccccc1-2. The number of thioether (sulfide) groups is 1. The number of hydrogen-bond donors (Lipinski definition) is 0. The van der Waals surface area contributed by atoms with Gasteiger partial charge in [-0.05, 0) is 18.2 Å². The van der Waals surface area contributed by atoms with Crippen molar-refractivity contribution >= 4 is 23.4 Å². The van der Waals surface area contributed by atoms with Crippen molar-refractivity contribution in [1.29, 1.82) is 0 Å². The largest absolute Gasteiger partial charge is 0.368 e. The molecule has 1 amide bonds. The molecule has 3 heterocycles. The molecular formula is C22H22N4OS. The first-order valence-electron chi connectivity index (χ1n) is 9.60. The Labute approximate surface area is 169 Å². The number of hydrogen-bond acceptors (Lipinski definition) is 4. The van der Waals surface area contributed by atoms with Gasteiger partial charge in [0.25, 0.3) is 5.91 Å². The highest BCUT2D eigenvalue weighted by Crippen LogP contribution is 2.42. The number of amides is 1. The average molecular weight is 391 g/mol. The molecule has 0 bridgehead atoms. The van der Waals surface area contributed by atoms with Crippen LogP contribution < -0.4 is 4.90 Å². The van der Waals surface area contributed by atoms with Gasteiger partial charge >= 0.3 is 0 Å². The molecule has 3 aromatic rings. The maximum absolute atomic E-state index is 13.3. The summed E-state index contributed by atoms with van der Waals surface area (Å²) in [6.07, 6.45) is 0. The molecule has 0 saturated carbocycles. The summed E-state index contributed by atoms with van der Waals surface area (Å²) in [4.78, 5) is 18.9. The minimum absolute atomic E-state index is 0.101. The van der Waals surface area contributed by atoms with Gasteiger partial charge < -0.3 is 9.80 Å². The highest BCUT2D eigenvalue weighted by atomic mass is 32.2. The molecule has 0 aliphatic carbocycles. The zero-order valence-electron chi connectivity index (χ0n) is 15.8. The van der Waals surface area contributed by atoms with Crippen LogP contribution in [0.2, 0.25) is 0 Å². The van der Waals surface area contributed by atoms with Crippen molar-refractivity contribution in [3.8, 4) is 11.3 Å². The van der Waals surface area contributed by atoms with Crippen molar-refractivity contribution in [3.63, 3.8) is 0 Å². The predicted molar refractivity (Wildman–Crippen MR) is 113 cm³/mol. The Morgan fingerprint density at radius 1 is 0.964 bits per heavy atom. The Kier molecular flexibility index (Phi) is 4.36. The molecule has 0 radical (unpaired) electrons. The molecule has 28 heavy (non-hydrogen) atoms. The van der Waals surface area contributed by atoms with Crippen molar-refractivity contribution in [2.24, 2.45) is 7.05 Å². The Balaban J connectivity index is 1.38. The van der Waals surface area contributed by atoms with Crippen LogP contribution in [0.15, 0.2) is 59.5 Å². The van der Waals surface area contributed by atoms with E-state index in [-0.39, 0.29) is 5.91 Å². The number of anilines is 1. The number of benzene rings is 2. The molecular weight excluding hydrogens is 368 g/mol. The van der Waals surface area contributed by atoms with E-state index in [1.807, 2.05) is 24.1 Å². The number of nitrogens with zero attached hydrogens (tertiary/aromatic N) is 4. The van der Waals surface area contributed by atoms with Crippen molar-refractivity contribution < 1.29 is 4.79 Å². The van der Waals surface area contributed by atoms with Crippen LogP contribution in [0.4, 0.5) is 5.69 Å². The van der Waals surface area contributed by atoms with Crippen LogP contribution in [0.5, 0.6) is 0 Å². The number of rotatable bonds is 2. The molecule has 1 saturated heterocycles. The van der Waals surface area contributed by atoms with Gasteiger partial charge in [0.1, 0.15) is 5.69 Å². The first-order chi connectivity index (χ1) is 13.7. The van der Waals surface area contributed by atoms with Crippen molar-refractivity contribution in [1.82, 2.24) is 14.7 Å². The highest BCUT2D eigenvalue weighted by molar-refractivity contribution is 7.98. The van der Waals surface area contributed by atoms with E-state index in [2.05, 4.69) is 47.4 Å². The molecule has 6 heteroatoms. The summed E-state index contributed by atoms with van der Waals surface area (Å²) in [5.74, 6) is 0.898. The Morgan fingerprint density at radius 2 is 1.68 bits per heavy atom. The number of carbonyl (C=O) groups is 1. The van der Waals surface area contributed by atoms with E-state index < -0.39 is 0 Å². The van der Waals surface area contributed by atoms with Crippen LogP contribution in [-0.4, -0.2) is 46.8 Å². The molecule has 5 rings (SSSR count). The third kappa shape index (κ3) is 2.88. The van der Waals surface area contributed by atoms with Gasteiger partial charge in [-0.2, -0.15) is 5.10 Å². The third-order valence-corrected chi connectivity index (χ3v) is 6.65. The van der Waals surface area contributed by atoms with Crippen molar-refractivity contribution in [2.75, 3.05) is 31.1 Å². The summed E-state index contributed by atoms with van der Waals surface area (Å²) >= 11 is 1.79. The first-order valence-corrected chi connectivity index (χ1v) is 10.6. The molecule has 0 unspecified atom stereocenters. The van der Waals surface area contributed by atoms with E-state index >= 15 is 0 Å². The molecule has 2 aliphatic heterocycles. The molecule has 5 nitrogen and oxygen atoms in total. The van der Waals surface area contributed by atoms with E-state index in [0.717, 1.165) is 54.4 Å². The third-order valence-electron chi connectivity index (χ3n) is 5.55. The van der Waals surface area contributed by atoms with E-state index in [1.54, 1.807) is 16.4 Å². The maximum atomic E-state index is 13.3. The molecule has 0 spiro atoms. The first kappa shape index (κ1) is 17.4. The molecule has 0 N–H and O–H groups in total. The monoisotopic (exact) mass is 390 g/mol. The second-order valence-corrected chi connectivity index (χ2v) is 8.22. The summed E-state index contributed by atoms with van der Waals surface area (Å²) in [5, 5.41) is 4.72. The lowest BCUT2D eigenvalue weighted by Crippen LogP contribution is -2.49. The fourth-order valence-electron chi connectivity index (χ4n) is 4.08. The second-order valence-electron chi connectivity index (χ2n) is 7.20. The van der Waals surface area contributed by atoms with Gasteiger partial charge in [-0.3, -0.25) is 9.48 Å². The average Bonchev–Trinajstić information content (AvgIpc) is 3.10. The van der Waals surface area contributed by atoms with Gasteiger partial charge in [0.05, 0.1) is 5.69 Å². The summed E-state index contributed by atoms with van der Waals surface area (Å²) in [6, 6.07) is 18.7. The minimum Gasteiger partial charge on any atom is -0.368 e. The number of aromatic nitrogens is 2. The maximum Gasteiger partial charge on any atom is 0.272 e. The highest BCUT2D eigenvalue weighted by Gasteiger charge is 2.31. The summed E-state index contributed by atoms with van der Waals surface area (Å²) in [7, 11) is 1.89. The smallest absolute Gasteiger partial charge is 0.272 e.